The first-order chi connectivity index (χ1) is 14.3. The Kier molecular flexibility index (Phi) is 4.18. The summed E-state index contributed by atoms with van der Waals surface area (Å²) >= 11 is 3.41. The van der Waals surface area contributed by atoms with E-state index in [0.29, 0.717) is 33.1 Å². The van der Waals surface area contributed by atoms with Crippen LogP contribution in [0.1, 0.15) is 5.56 Å². The molecule has 0 aliphatic rings. The first-order valence-electron chi connectivity index (χ1n) is 9.04. The molecular formula is C23H12BrF3N2O. The molecule has 0 aliphatic carbocycles. The molecular weight excluding hydrogens is 457 g/mol. The van der Waals surface area contributed by atoms with Gasteiger partial charge in [0.1, 0.15) is 0 Å². The molecule has 0 saturated carbocycles. The van der Waals surface area contributed by atoms with Gasteiger partial charge in [0, 0.05) is 20.8 Å². The summed E-state index contributed by atoms with van der Waals surface area (Å²) in [5.41, 5.74) is 2.00. The van der Waals surface area contributed by atoms with Crippen LogP contribution < -0.4 is 5.43 Å². The highest BCUT2D eigenvalue weighted by Gasteiger charge is 2.30. The highest BCUT2D eigenvalue weighted by molar-refractivity contribution is 9.10. The van der Waals surface area contributed by atoms with Gasteiger partial charge in [-0.15, -0.1) is 0 Å². The molecule has 5 rings (SSSR count). The minimum absolute atomic E-state index is 0.291. The average Bonchev–Trinajstić information content (AvgIpc) is 3.00. The molecule has 0 saturated heterocycles. The van der Waals surface area contributed by atoms with Gasteiger partial charge in [-0.1, -0.05) is 46.3 Å². The molecule has 7 heteroatoms. The summed E-state index contributed by atoms with van der Waals surface area (Å²) in [6.45, 7) is 0. The molecule has 0 radical (unpaired) electrons. The number of halogens is 4. The van der Waals surface area contributed by atoms with Gasteiger partial charge in [0.15, 0.2) is 5.43 Å². The van der Waals surface area contributed by atoms with Gasteiger partial charge in [-0.3, -0.25) is 4.79 Å². The lowest BCUT2D eigenvalue weighted by atomic mass is 10.0. The van der Waals surface area contributed by atoms with E-state index in [1.54, 1.807) is 18.2 Å². The number of H-pyrrole nitrogens is 1. The Bertz CT molecular complexity index is 1510. The molecule has 3 aromatic carbocycles. The van der Waals surface area contributed by atoms with Crippen LogP contribution in [0.25, 0.3) is 44.0 Å². The molecule has 148 valence electrons. The minimum Gasteiger partial charge on any atom is -0.353 e. The van der Waals surface area contributed by atoms with Gasteiger partial charge < -0.3 is 4.98 Å². The van der Waals surface area contributed by atoms with Gasteiger partial charge in [0.05, 0.1) is 27.7 Å². The van der Waals surface area contributed by atoms with Crippen molar-refractivity contribution in [2.75, 3.05) is 0 Å². The lowest BCUT2D eigenvalue weighted by Crippen LogP contribution is -2.06. The van der Waals surface area contributed by atoms with E-state index in [-0.39, 0.29) is 5.43 Å². The molecule has 0 aliphatic heterocycles. The third kappa shape index (κ3) is 2.97. The minimum atomic E-state index is -4.45. The molecule has 2 heterocycles. The highest BCUT2D eigenvalue weighted by Crippen LogP contribution is 2.34. The quantitative estimate of drug-likeness (QED) is 0.298. The van der Waals surface area contributed by atoms with Crippen molar-refractivity contribution in [3.05, 3.63) is 87.0 Å². The topological polar surface area (TPSA) is 45.8 Å². The van der Waals surface area contributed by atoms with E-state index in [2.05, 4.69) is 20.9 Å². The zero-order chi connectivity index (χ0) is 21.0. The van der Waals surface area contributed by atoms with Crippen LogP contribution in [-0.4, -0.2) is 9.97 Å². The molecule has 0 unspecified atom stereocenters. The molecule has 3 nitrogen and oxygen atoms in total. The number of aromatic nitrogens is 2. The van der Waals surface area contributed by atoms with Gasteiger partial charge >= 0.3 is 6.18 Å². The van der Waals surface area contributed by atoms with E-state index < -0.39 is 11.7 Å². The van der Waals surface area contributed by atoms with Crippen molar-refractivity contribution in [3.63, 3.8) is 0 Å². The van der Waals surface area contributed by atoms with Gasteiger partial charge in [0.25, 0.3) is 0 Å². The number of nitrogens with zero attached hydrogens (tertiary/aromatic N) is 1. The molecule has 0 spiro atoms. The number of para-hydroxylation sites is 1. The van der Waals surface area contributed by atoms with Crippen molar-refractivity contribution >= 4 is 48.8 Å². The number of benzene rings is 3. The third-order valence-electron chi connectivity index (χ3n) is 5.09. The normalized spacial score (nSPS) is 12.1. The van der Waals surface area contributed by atoms with Gasteiger partial charge in [-0.2, -0.15) is 13.2 Å². The monoisotopic (exact) mass is 468 g/mol. The van der Waals surface area contributed by atoms with Crippen LogP contribution in [0.4, 0.5) is 13.2 Å². The number of rotatable bonds is 1. The standard InChI is InChI=1S/C23H12BrF3N2O/c24-14-9-10-16-18(11-14)29-20-15-3-1-2-4-17(15)28-21(20)19(22(16)30)12-5-7-13(8-6-12)23(25,26)27/h1-11,28H. The van der Waals surface area contributed by atoms with E-state index in [9.17, 15) is 18.0 Å². The predicted molar refractivity (Wildman–Crippen MR) is 116 cm³/mol. The second-order valence-electron chi connectivity index (χ2n) is 6.95. The van der Waals surface area contributed by atoms with E-state index >= 15 is 0 Å². The van der Waals surface area contributed by atoms with Crippen molar-refractivity contribution in [3.8, 4) is 11.1 Å². The molecule has 2 aromatic heterocycles. The smallest absolute Gasteiger partial charge is 0.353 e. The number of aromatic amines is 1. The van der Waals surface area contributed by atoms with E-state index in [4.69, 9.17) is 4.98 Å². The van der Waals surface area contributed by atoms with Crippen LogP contribution in [-0.2, 0) is 6.18 Å². The Labute approximate surface area is 176 Å². The molecule has 0 amide bonds. The number of fused-ring (bicyclic) bond motifs is 4. The summed E-state index contributed by atoms with van der Waals surface area (Å²) in [6.07, 6.45) is -4.45. The molecule has 1 N–H and O–H groups in total. The first-order valence-corrected chi connectivity index (χ1v) is 9.84. The van der Waals surface area contributed by atoms with Crippen molar-refractivity contribution < 1.29 is 13.2 Å². The Morgan fingerprint density at radius 1 is 0.900 bits per heavy atom. The maximum absolute atomic E-state index is 13.5. The Hall–Kier alpha value is -3.19. The fourth-order valence-electron chi connectivity index (χ4n) is 3.68. The average molecular weight is 469 g/mol. The third-order valence-corrected chi connectivity index (χ3v) is 5.59. The van der Waals surface area contributed by atoms with Gasteiger partial charge in [-0.05, 0) is 42.0 Å². The summed E-state index contributed by atoms with van der Waals surface area (Å²) in [6, 6.07) is 17.3. The van der Waals surface area contributed by atoms with E-state index in [0.717, 1.165) is 27.5 Å². The van der Waals surface area contributed by atoms with Crippen molar-refractivity contribution in [2.24, 2.45) is 0 Å². The molecule has 0 fully saturated rings. The second kappa shape index (κ2) is 6.67. The first kappa shape index (κ1) is 18.8. The fourth-order valence-corrected chi connectivity index (χ4v) is 4.03. The summed E-state index contributed by atoms with van der Waals surface area (Å²) in [5, 5.41) is 1.22. The van der Waals surface area contributed by atoms with Crippen LogP contribution in [0.15, 0.2) is 76.0 Å². The Balaban J connectivity index is 1.95. The van der Waals surface area contributed by atoms with Crippen molar-refractivity contribution in [1.82, 2.24) is 9.97 Å². The maximum atomic E-state index is 13.5. The SMILES string of the molecule is O=c1c(-c2ccc(C(F)(F)F)cc2)c2[nH]c3ccccc3c2nc2cc(Br)ccc12. The van der Waals surface area contributed by atoms with Gasteiger partial charge in [0.2, 0.25) is 0 Å². The van der Waals surface area contributed by atoms with Gasteiger partial charge in [-0.25, -0.2) is 4.98 Å². The lowest BCUT2D eigenvalue weighted by Gasteiger charge is -2.07. The van der Waals surface area contributed by atoms with E-state index in [1.165, 1.54) is 12.1 Å². The summed E-state index contributed by atoms with van der Waals surface area (Å²) in [4.78, 5) is 21.5. The number of nitrogens with one attached hydrogen (secondary N) is 1. The molecule has 0 bridgehead atoms. The largest absolute Gasteiger partial charge is 0.416 e. The maximum Gasteiger partial charge on any atom is 0.416 e. The van der Waals surface area contributed by atoms with Crippen LogP contribution >= 0.6 is 15.9 Å². The number of hydrogen-bond donors (Lipinski definition) is 1. The highest BCUT2D eigenvalue weighted by atomic mass is 79.9. The second-order valence-corrected chi connectivity index (χ2v) is 7.86. The molecule has 5 aromatic rings. The molecule has 0 atom stereocenters. The van der Waals surface area contributed by atoms with Crippen molar-refractivity contribution in [1.29, 1.82) is 0 Å². The zero-order valence-electron chi connectivity index (χ0n) is 15.2. The number of alkyl halides is 3. The van der Waals surface area contributed by atoms with Crippen molar-refractivity contribution in [2.45, 2.75) is 6.18 Å². The lowest BCUT2D eigenvalue weighted by molar-refractivity contribution is -0.137. The fraction of sp³-hybridized carbons (Fsp3) is 0.0435. The number of hydrogen-bond acceptors (Lipinski definition) is 2. The van der Waals surface area contributed by atoms with Crippen LogP contribution in [0.2, 0.25) is 0 Å². The Morgan fingerprint density at radius 3 is 2.37 bits per heavy atom. The summed E-state index contributed by atoms with van der Waals surface area (Å²) in [5.74, 6) is 0. The van der Waals surface area contributed by atoms with Crippen LogP contribution in [0.5, 0.6) is 0 Å². The van der Waals surface area contributed by atoms with Crippen LogP contribution in [0.3, 0.4) is 0 Å². The van der Waals surface area contributed by atoms with E-state index in [1.807, 2.05) is 24.3 Å². The summed E-state index contributed by atoms with van der Waals surface area (Å²) in [7, 11) is 0. The Morgan fingerprint density at radius 2 is 1.63 bits per heavy atom. The summed E-state index contributed by atoms with van der Waals surface area (Å²) < 4.78 is 39.8. The molecule has 30 heavy (non-hydrogen) atoms. The van der Waals surface area contributed by atoms with Crippen LogP contribution in [0, 0.1) is 0 Å². The predicted octanol–water partition coefficient (Wildman–Crippen LogP) is 6.68. The zero-order valence-corrected chi connectivity index (χ0v) is 16.8.